The van der Waals surface area contributed by atoms with E-state index in [9.17, 15) is 19.8 Å². The molecule has 1 rings (SSSR count). The van der Waals surface area contributed by atoms with Gasteiger partial charge in [-0.1, -0.05) is 0 Å². The van der Waals surface area contributed by atoms with E-state index in [4.69, 9.17) is 16.1 Å². The minimum atomic E-state index is -0.828. The summed E-state index contributed by atoms with van der Waals surface area (Å²) in [6.07, 6.45) is 0. The van der Waals surface area contributed by atoms with Crippen molar-refractivity contribution in [3.63, 3.8) is 0 Å². The van der Waals surface area contributed by atoms with Crippen LogP contribution in [-0.2, 0) is 0 Å². The summed E-state index contributed by atoms with van der Waals surface area (Å²) < 4.78 is 4.85. The lowest BCUT2D eigenvalue weighted by molar-refractivity contribution is 0.242. The van der Waals surface area contributed by atoms with Crippen LogP contribution in [0.1, 0.15) is 0 Å². The molecule has 0 radical (unpaired) electrons. The van der Waals surface area contributed by atoms with Crippen LogP contribution in [0.5, 0.6) is 11.5 Å². The molecule has 0 aliphatic carbocycles. The van der Waals surface area contributed by atoms with Gasteiger partial charge >= 0.3 is 12.1 Å². The largest absolute Gasteiger partial charge is 0.500 e. The smallest absolute Gasteiger partial charge is 0.347 e. The molecule has 0 aromatic carbocycles. The highest BCUT2D eigenvalue weighted by Crippen LogP contribution is 2.42. The molecule has 0 aliphatic heterocycles. The Labute approximate surface area is 105 Å². The predicted molar refractivity (Wildman–Crippen MR) is 61.0 cm³/mol. The maximum atomic E-state index is 10.8. The normalized spacial score (nSPS) is 9.37. The third-order valence-corrected chi connectivity index (χ3v) is 1.70. The molecule has 0 saturated carbocycles. The van der Waals surface area contributed by atoms with Crippen LogP contribution < -0.4 is 44.2 Å². The number of nitrogens with one attached hydrogen (secondary N) is 6. The third kappa shape index (κ3) is 3.45. The first-order valence-corrected chi connectivity index (χ1v) is 4.59. The van der Waals surface area contributed by atoms with Crippen molar-refractivity contribution in [2.24, 2.45) is 11.7 Å². The number of hydrogen-bond donors (Lipinski definition) is 10. The molecule has 0 aliphatic rings. The van der Waals surface area contributed by atoms with Gasteiger partial charge in [0.25, 0.3) is 11.8 Å². The fourth-order valence-corrected chi connectivity index (χ4v) is 0.882. The van der Waals surface area contributed by atoms with E-state index < -0.39 is 35.3 Å². The third-order valence-electron chi connectivity index (χ3n) is 1.70. The van der Waals surface area contributed by atoms with Crippen LogP contribution in [0.15, 0.2) is 4.42 Å². The quantitative estimate of drug-likeness (QED) is 0.162. The van der Waals surface area contributed by atoms with Gasteiger partial charge in [0.05, 0.1) is 0 Å². The molecule has 13 heteroatoms. The van der Waals surface area contributed by atoms with Gasteiger partial charge in [-0.15, -0.1) is 0 Å². The number of carbonyl (C=O) groups excluding carboxylic acids is 2. The maximum Gasteiger partial charge on any atom is 0.347 e. The standard InChI is InChI=1S/C6H12N8O5/c7-9-5(17)13-11-3-1(15)2(16)4(19-3)12-14-6(18)10-8/h11-12,15-16H,7-8H2,(H2,9,13,17)(H2,10,14,18). The Morgan fingerprint density at radius 2 is 1.26 bits per heavy atom. The van der Waals surface area contributed by atoms with Crippen LogP contribution in [-0.4, -0.2) is 22.3 Å². The summed E-state index contributed by atoms with van der Waals surface area (Å²) in [5, 5.41) is 18.8. The Morgan fingerprint density at radius 3 is 1.58 bits per heavy atom. The van der Waals surface area contributed by atoms with Crippen molar-refractivity contribution in [3.05, 3.63) is 0 Å². The van der Waals surface area contributed by atoms with Crippen LogP contribution in [0.25, 0.3) is 0 Å². The molecule has 1 heterocycles. The summed E-state index contributed by atoms with van der Waals surface area (Å²) in [6, 6.07) is -1.66. The molecule has 1 aromatic heterocycles. The van der Waals surface area contributed by atoms with Gasteiger partial charge in [0.2, 0.25) is 11.5 Å². The molecule has 106 valence electrons. The second kappa shape index (κ2) is 6.03. The lowest BCUT2D eigenvalue weighted by Gasteiger charge is -2.05. The summed E-state index contributed by atoms with van der Waals surface area (Å²) >= 11 is 0. The van der Waals surface area contributed by atoms with Gasteiger partial charge in [-0.25, -0.2) is 32.1 Å². The van der Waals surface area contributed by atoms with Gasteiger partial charge < -0.3 is 14.6 Å². The Hall–Kier alpha value is -3.06. The van der Waals surface area contributed by atoms with E-state index in [2.05, 4.69) is 10.9 Å². The van der Waals surface area contributed by atoms with Crippen molar-refractivity contribution in [2.75, 3.05) is 10.9 Å². The number of amides is 4. The average molecular weight is 276 g/mol. The predicted octanol–water partition coefficient (Wildman–Crippen LogP) is -2.31. The molecule has 0 unspecified atom stereocenters. The van der Waals surface area contributed by atoms with Crippen molar-refractivity contribution < 1.29 is 24.2 Å². The second-order valence-corrected chi connectivity index (χ2v) is 2.90. The molecule has 0 atom stereocenters. The molecular weight excluding hydrogens is 264 g/mol. The van der Waals surface area contributed by atoms with Crippen LogP contribution in [0.4, 0.5) is 21.4 Å². The zero-order valence-electron chi connectivity index (χ0n) is 9.27. The summed E-state index contributed by atoms with van der Waals surface area (Å²) in [6.45, 7) is 0. The Balaban J connectivity index is 2.69. The first-order chi connectivity index (χ1) is 8.99. The molecule has 19 heavy (non-hydrogen) atoms. The summed E-state index contributed by atoms with van der Waals surface area (Å²) in [7, 11) is 0. The van der Waals surface area contributed by atoms with Crippen molar-refractivity contribution in [3.8, 4) is 11.5 Å². The minimum absolute atomic E-state index is 0.404. The van der Waals surface area contributed by atoms with Crippen molar-refractivity contribution in [1.82, 2.24) is 21.7 Å². The van der Waals surface area contributed by atoms with Crippen LogP contribution in [0.3, 0.4) is 0 Å². The monoisotopic (exact) mass is 276 g/mol. The first-order valence-electron chi connectivity index (χ1n) is 4.59. The van der Waals surface area contributed by atoms with E-state index in [0.717, 1.165) is 0 Å². The number of furan rings is 1. The second-order valence-electron chi connectivity index (χ2n) is 2.90. The SMILES string of the molecule is NNC(=O)NNc1oc(NNC(=O)NN)c(O)c1O. The fraction of sp³-hybridized carbons (Fsp3) is 0. The lowest BCUT2D eigenvalue weighted by atomic mass is 10.5. The van der Waals surface area contributed by atoms with E-state index in [0.29, 0.717) is 0 Å². The Bertz CT molecular complexity index is 432. The summed E-state index contributed by atoms with van der Waals surface area (Å²) in [4.78, 5) is 21.5. The molecule has 13 nitrogen and oxygen atoms in total. The van der Waals surface area contributed by atoms with Crippen molar-refractivity contribution in [2.45, 2.75) is 0 Å². The van der Waals surface area contributed by atoms with Crippen LogP contribution in [0, 0.1) is 0 Å². The van der Waals surface area contributed by atoms with E-state index >= 15 is 0 Å². The topological polar surface area (TPSA) is 212 Å². The highest BCUT2D eigenvalue weighted by Gasteiger charge is 2.20. The molecule has 0 spiro atoms. The van der Waals surface area contributed by atoms with E-state index in [1.807, 2.05) is 10.9 Å². The van der Waals surface area contributed by atoms with Gasteiger partial charge in [0.15, 0.2) is 0 Å². The first kappa shape index (κ1) is 14.0. The molecule has 12 N–H and O–H groups in total. The number of hydrogen-bond acceptors (Lipinski definition) is 9. The highest BCUT2D eigenvalue weighted by atomic mass is 16.4. The Morgan fingerprint density at radius 1 is 0.895 bits per heavy atom. The zero-order chi connectivity index (χ0) is 14.4. The van der Waals surface area contributed by atoms with Gasteiger partial charge in [0, 0.05) is 0 Å². The summed E-state index contributed by atoms with van der Waals surface area (Å²) in [5.41, 5.74) is 11.6. The van der Waals surface area contributed by atoms with E-state index in [1.54, 1.807) is 10.9 Å². The number of aromatic hydroxyl groups is 2. The molecule has 0 saturated heterocycles. The van der Waals surface area contributed by atoms with E-state index in [1.165, 1.54) is 0 Å². The number of nitrogens with two attached hydrogens (primary N) is 2. The van der Waals surface area contributed by atoms with Crippen molar-refractivity contribution in [1.29, 1.82) is 0 Å². The number of anilines is 2. The molecule has 1 aromatic rings. The van der Waals surface area contributed by atoms with Crippen LogP contribution in [0.2, 0.25) is 0 Å². The lowest BCUT2D eigenvalue weighted by Crippen LogP contribution is -2.42. The molecule has 4 amide bonds. The number of rotatable bonds is 4. The maximum absolute atomic E-state index is 10.8. The summed E-state index contributed by atoms with van der Waals surface area (Å²) in [5.74, 6) is 7.33. The number of carbonyl (C=O) groups is 2. The highest BCUT2D eigenvalue weighted by molar-refractivity contribution is 5.77. The molecular formula is C6H12N8O5. The van der Waals surface area contributed by atoms with Gasteiger partial charge in [-0.2, -0.15) is 0 Å². The number of hydrazine groups is 4. The van der Waals surface area contributed by atoms with Crippen molar-refractivity contribution >= 4 is 23.8 Å². The zero-order valence-corrected chi connectivity index (χ0v) is 9.27. The molecule has 0 bridgehead atoms. The van der Waals surface area contributed by atoms with Gasteiger partial charge in [-0.3, -0.25) is 21.7 Å². The van der Waals surface area contributed by atoms with Crippen LogP contribution >= 0.6 is 0 Å². The Kier molecular flexibility index (Phi) is 4.44. The van der Waals surface area contributed by atoms with E-state index in [-0.39, 0.29) is 0 Å². The van der Waals surface area contributed by atoms with Gasteiger partial charge in [0.1, 0.15) is 0 Å². The van der Waals surface area contributed by atoms with Gasteiger partial charge in [-0.05, 0) is 0 Å². The fourth-order valence-electron chi connectivity index (χ4n) is 0.882. The minimum Gasteiger partial charge on any atom is -0.500 e. The number of urea groups is 2. The average Bonchev–Trinajstić information content (AvgIpc) is 2.69. The molecule has 0 fully saturated rings.